The minimum atomic E-state index is -0.860. The van der Waals surface area contributed by atoms with Crippen molar-refractivity contribution in [3.63, 3.8) is 0 Å². The van der Waals surface area contributed by atoms with Crippen molar-refractivity contribution in [1.82, 2.24) is 9.99 Å². The fourth-order valence-corrected chi connectivity index (χ4v) is 3.51. The Bertz CT molecular complexity index is 1140. The van der Waals surface area contributed by atoms with E-state index in [2.05, 4.69) is 32.0 Å². The van der Waals surface area contributed by atoms with Gasteiger partial charge in [0.25, 0.3) is 5.91 Å². The first kappa shape index (κ1) is 22.8. The normalized spacial score (nSPS) is 10.9. The lowest BCUT2D eigenvalue weighted by molar-refractivity contribution is -0.136. The van der Waals surface area contributed by atoms with E-state index < -0.39 is 17.7 Å². The third kappa shape index (κ3) is 5.86. The molecule has 1 aromatic heterocycles. The van der Waals surface area contributed by atoms with E-state index in [1.165, 1.54) is 4.68 Å². The molecule has 3 aromatic rings. The molecule has 1 heterocycles. The van der Waals surface area contributed by atoms with Crippen molar-refractivity contribution in [2.45, 2.75) is 20.3 Å². The van der Waals surface area contributed by atoms with E-state index >= 15 is 0 Å². The van der Waals surface area contributed by atoms with Crippen molar-refractivity contribution in [2.24, 2.45) is 5.92 Å². The van der Waals surface area contributed by atoms with Gasteiger partial charge in [-0.2, -0.15) is 0 Å². The van der Waals surface area contributed by atoms with Crippen LogP contribution in [0.15, 0.2) is 53.0 Å². The Morgan fingerprint density at radius 3 is 2.55 bits per heavy atom. The lowest BCUT2D eigenvalue weighted by Gasteiger charge is -2.13. The Hall–Kier alpha value is -2.84. The number of halogens is 2. The van der Waals surface area contributed by atoms with Crippen molar-refractivity contribution < 1.29 is 14.4 Å². The van der Waals surface area contributed by atoms with E-state index in [1.807, 2.05) is 19.9 Å². The summed E-state index contributed by atoms with van der Waals surface area (Å²) in [5.41, 5.74) is 3.78. The van der Waals surface area contributed by atoms with Gasteiger partial charge in [0.15, 0.2) is 0 Å². The van der Waals surface area contributed by atoms with Gasteiger partial charge in [0.05, 0.1) is 5.52 Å². The van der Waals surface area contributed by atoms with Gasteiger partial charge < -0.3 is 10.6 Å². The number of nitrogens with one attached hydrogen (secondary N) is 3. The highest BCUT2D eigenvalue weighted by Crippen LogP contribution is 2.24. The number of anilines is 1. The number of rotatable bonds is 6. The molecule has 0 saturated carbocycles. The monoisotopic (exact) mass is 504 g/mol. The van der Waals surface area contributed by atoms with Crippen molar-refractivity contribution in [1.29, 1.82) is 0 Å². The largest absolute Gasteiger partial charge is 0.348 e. The Morgan fingerprint density at radius 2 is 1.84 bits per heavy atom. The first-order valence-electron chi connectivity index (χ1n) is 9.71. The Balaban J connectivity index is 1.87. The number of amides is 3. The maximum atomic E-state index is 13.0. The quantitative estimate of drug-likeness (QED) is 0.429. The third-order valence-electron chi connectivity index (χ3n) is 4.51. The van der Waals surface area contributed by atoms with Crippen molar-refractivity contribution in [2.75, 3.05) is 17.3 Å². The summed E-state index contributed by atoms with van der Waals surface area (Å²) >= 11 is 9.39. The Kier molecular flexibility index (Phi) is 7.35. The molecule has 0 radical (unpaired) electrons. The molecule has 0 bridgehead atoms. The van der Waals surface area contributed by atoms with Gasteiger partial charge in [0.2, 0.25) is 0 Å². The lowest BCUT2D eigenvalue weighted by atomic mass is 10.1. The predicted octanol–water partition coefficient (Wildman–Crippen LogP) is 4.54. The van der Waals surface area contributed by atoms with Gasteiger partial charge in [-0.1, -0.05) is 47.4 Å². The molecule has 0 unspecified atom stereocenters. The number of hydrogen-bond donors (Lipinski definition) is 3. The number of aromatic nitrogens is 1. The van der Waals surface area contributed by atoms with E-state index in [9.17, 15) is 14.4 Å². The van der Waals surface area contributed by atoms with Crippen LogP contribution < -0.4 is 16.1 Å². The average molecular weight is 506 g/mol. The van der Waals surface area contributed by atoms with Gasteiger partial charge in [-0.3, -0.25) is 19.8 Å². The van der Waals surface area contributed by atoms with E-state index in [0.29, 0.717) is 34.1 Å². The first-order valence-corrected chi connectivity index (χ1v) is 10.9. The van der Waals surface area contributed by atoms with Crippen LogP contribution in [0.2, 0.25) is 5.02 Å². The fourth-order valence-electron chi connectivity index (χ4n) is 2.94. The minimum absolute atomic E-state index is 0.163. The maximum Gasteiger partial charge on any atom is 0.328 e. The number of hydrogen-bond acceptors (Lipinski definition) is 3. The maximum absolute atomic E-state index is 13.0. The summed E-state index contributed by atoms with van der Waals surface area (Å²) in [5, 5.41) is 6.54. The summed E-state index contributed by atoms with van der Waals surface area (Å²) in [6.45, 7) is 4.45. The number of carbonyl (C=O) groups excluding carboxylic acids is 3. The van der Waals surface area contributed by atoms with E-state index in [4.69, 9.17) is 11.6 Å². The van der Waals surface area contributed by atoms with Gasteiger partial charge >= 0.3 is 11.8 Å². The molecule has 3 amide bonds. The van der Waals surface area contributed by atoms with Gasteiger partial charge in [0.1, 0.15) is 5.69 Å². The highest BCUT2D eigenvalue weighted by molar-refractivity contribution is 9.10. The molecule has 0 aliphatic carbocycles. The van der Waals surface area contributed by atoms with Crippen molar-refractivity contribution in [3.8, 4) is 0 Å². The summed E-state index contributed by atoms with van der Waals surface area (Å²) in [7, 11) is 0. The van der Waals surface area contributed by atoms with Gasteiger partial charge in [-0.05, 0) is 54.8 Å². The smallest absolute Gasteiger partial charge is 0.328 e. The standard InChI is InChI=1S/C22H22BrClN4O3/c1-13(2)8-9-25-21(30)22(31)27-28-18-7-6-15(23)10-14(18)11-19(28)20(29)26-17-5-3-4-16(24)12-17/h3-7,10-13H,8-9H2,1-2H3,(H,25,30)(H,26,29)(H,27,31). The zero-order valence-electron chi connectivity index (χ0n) is 17.0. The zero-order valence-corrected chi connectivity index (χ0v) is 19.4. The molecule has 2 aromatic carbocycles. The minimum Gasteiger partial charge on any atom is -0.348 e. The molecule has 9 heteroatoms. The topological polar surface area (TPSA) is 92.2 Å². The molecule has 3 N–H and O–H groups in total. The van der Waals surface area contributed by atoms with Crippen molar-refractivity contribution >= 4 is 61.8 Å². The molecule has 7 nitrogen and oxygen atoms in total. The fraction of sp³-hybridized carbons (Fsp3) is 0.227. The summed E-state index contributed by atoms with van der Waals surface area (Å²) in [4.78, 5) is 37.6. The van der Waals surface area contributed by atoms with Crippen LogP contribution in [0, 0.1) is 5.92 Å². The Morgan fingerprint density at radius 1 is 1.06 bits per heavy atom. The number of carbonyl (C=O) groups is 3. The van der Waals surface area contributed by atoms with Crippen LogP contribution >= 0.6 is 27.5 Å². The average Bonchev–Trinajstić information content (AvgIpc) is 3.05. The third-order valence-corrected chi connectivity index (χ3v) is 5.23. The summed E-state index contributed by atoms with van der Waals surface area (Å²) in [6, 6.07) is 13.7. The molecule has 3 rings (SSSR count). The van der Waals surface area contributed by atoms with Crippen LogP contribution in [0.5, 0.6) is 0 Å². The predicted molar refractivity (Wildman–Crippen MR) is 126 cm³/mol. The summed E-state index contributed by atoms with van der Waals surface area (Å²) < 4.78 is 2.13. The van der Waals surface area contributed by atoms with Crippen LogP contribution in [0.3, 0.4) is 0 Å². The van der Waals surface area contributed by atoms with Crippen LogP contribution in [0.1, 0.15) is 30.8 Å². The summed E-state index contributed by atoms with van der Waals surface area (Å²) in [5.74, 6) is -1.69. The highest BCUT2D eigenvalue weighted by Gasteiger charge is 2.21. The van der Waals surface area contributed by atoms with Gasteiger partial charge in [-0.25, -0.2) is 4.68 Å². The molecule has 0 fully saturated rings. The zero-order chi connectivity index (χ0) is 22.5. The van der Waals surface area contributed by atoms with Crippen molar-refractivity contribution in [3.05, 3.63) is 63.7 Å². The summed E-state index contributed by atoms with van der Waals surface area (Å²) in [6.07, 6.45) is 0.757. The lowest BCUT2D eigenvalue weighted by Crippen LogP contribution is -2.40. The second-order valence-corrected chi connectivity index (χ2v) is 8.76. The van der Waals surface area contributed by atoms with E-state index in [-0.39, 0.29) is 5.69 Å². The van der Waals surface area contributed by atoms with Crippen LogP contribution in [0.25, 0.3) is 10.9 Å². The van der Waals surface area contributed by atoms with Crippen LogP contribution in [-0.2, 0) is 9.59 Å². The number of nitrogens with zero attached hydrogens (tertiary/aromatic N) is 1. The van der Waals surface area contributed by atoms with E-state index in [1.54, 1.807) is 42.5 Å². The molecule has 31 heavy (non-hydrogen) atoms. The molecule has 0 aliphatic heterocycles. The molecule has 0 aliphatic rings. The SMILES string of the molecule is CC(C)CCNC(=O)C(=O)Nn1c(C(=O)Nc2cccc(Cl)c2)cc2cc(Br)ccc21. The van der Waals surface area contributed by atoms with E-state index in [0.717, 1.165) is 10.9 Å². The van der Waals surface area contributed by atoms with Gasteiger partial charge in [-0.15, -0.1) is 0 Å². The molecule has 162 valence electrons. The van der Waals surface area contributed by atoms with Crippen LogP contribution in [0.4, 0.5) is 5.69 Å². The molecule has 0 atom stereocenters. The molecule has 0 spiro atoms. The van der Waals surface area contributed by atoms with Gasteiger partial charge in [0, 0.05) is 27.1 Å². The second kappa shape index (κ2) is 9.98. The molecular formula is C22H22BrClN4O3. The Labute approximate surface area is 193 Å². The number of benzene rings is 2. The van der Waals surface area contributed by atoms with Crippen LogP contribution in [-0.4, -0.2) is 28.9 Å². The number of fused-ring (bicyclic) bond motifs is 1. The molecular weight excluding hydrogens is 484 g/mol. The second-order valence-electron chi connectivity index (χ2n) is 7.41. The first-order chi connectivity index (χ1) is 14.7. The highest BCUT2D eigenvalue weighted by atomic mass is 79.9. The molecule has 0 saturated heterocycles.